The highest BCUT2D eigenvalue weighted by Gasteiger charge is 2.13. The molecular weight excluding hydrogens is 413 g/mol. The fraction of sp³-hybridized carbons (Fsp3) is 0.591. The molecule has 1 aromatic heterocycles. The van der Waals surface area contributed by atoms with Gasteiger partial charge in [-0.25, -0.2) is 9.38 Å². The number of nitrogens with one attached hydrogen (secondary N) is 2. The molecule has 2 aromatic rings. The van der Waals surface area contributed by atoms with Gasteiger partial charge in [-0.1, -0.05) is 6.07 Å². The maximum absolute atomic E-state index is 14.2. The average Bonchev–Trinajstić information content (AvgIpc) is 3.12. The van der Waals surface area contributed by atoms with E-state index >= 15 is 0 Å². The Bertz CT molecular complexity index is 896. The van der Waals surface area contributed by atoms with Crippen molar-refractivity contribution >= 4 is 5.96 Å². The number of morpholine rings is 1. The van der Waals surface area contributed by atoms with Gasteiger partial charge in [-0.2, -0.15) is 0 Å². The van der Waals surface area contributed by atoms with Crippen LogP contribution in [0.4, 0.5) is 4.39 Å². The Labute approximate surface area is 189 Å². The molecule has 0 radical (unpaired) electrons. The quantitative estimate of drug-likeness (QED) is 0.344. The van der Waals surface area contributed by atoms with Crippen LogP contribution in [0.1, 0.15) is 36.6 Å². The van der Waals surface area contributed by atoms with E-state index in [-0.39, 0.29) is 17.6 Å². The summed E-state index contributed by atoms with van der Waals surface area (Å²) >= 11 is 0. The molecule has 0 spiro atoms. The molecule has 3 rings (SSSR count). The Morgan fingerprint density at radius 2 is 2.09 bits per heavy atom. The molecule has 10 heteroatoms. The van der Waals surface area contributed by atoms with Crippen LogP contribution < -0.4 is 15.4 Å². The Hall–Kier alpha value is -2.72. The topological polar surface area (TPSA) is 88.8 Å². The van der Waals surface area contributed by atoms with Gasteiger partial charge in [0.15, 0.2) is 23.4 Å². The van der Waals surface area contributed by atoms with Gasteiger partial charge in [0.1, 0.15) is 12.4 Å². The highest BCUT2D eigenvalue weighted by molar-refractivity contribution is 5.80. The number of hydrogen-bond donors (Lipinski definition) is 2. The van der Waals surface area contributed by atoms with Crippen molar-refractivity contribution in [3.8, 4) is 5.75 Å². The standard InChI is InChI=1S/C22H34FN7O2/c1-16(18-6-7-20(31-4)19(23)14-18)26-22(25-15-21-28-27-17(2)29(21)3)24-8-5-9-30-10-12-32-13-11-30/h6-7,14,16H,5,8-13,15H2,1-4H3,(H2,24,25,26). The molecule has 32 heavy (non-hydrogen) atoms. The Kier molecular flexibility index (Phi) is 8.81. The van der Waals surface area contributed by atoms with Crippen molar-refractivity contribution in [1.29, 1.82) is 0 Å². The SMILES string of the molecule is COc1ccc(C(C)NC(=NCc2nnc(C)n2C)NCCCN2CCOCC2)cc1F. The first kappa shape index (κ1) is 23.9. The molecule has 0 bridgehead atoms. The summed E-state index contributed by atoms with van der Waals surface area (Å²) in [4.78, 5) is 7.10. The molecule has 2 heterocycles. The van der Waals surface area contributed by atoms with Crippen molar-refractivity contribution in [2.75, 3.05) is 46.5 Å². The second-order valence-corrected chi connectivity index (χ2v) is 7.88. The van der Waals surface area contributed by atoms with Crippen LogP contribution in [-0.4, -0.2) is 72.1 Å². The smallest absolute Gasteiger partial charge is 0.192 e. The van der Waals surface area contributed by atoms with E-state index in [1.165, 1.54) is 13.2 Å². The maximum atomic E-state index is 14.2. The maximum Gasteiger partial charge on any atom is 0.192 e. The van der Waals surface area contributed by atoms with Crippen molar-refractivity contribution in [2.45, 2.75) is 32.9 Å². The molecule has 1 unspecified atom stereocenters. The number of hydrogen-bond acceptors (Lipinski definition) is 6. The van der Waals surface area contributed by atoms with E-state index in [4.69, 9.17) is 14.5 Å². The van der Waals surface area contributed by atoms with Crippen LogP contribution in [0.3, 0.4) is 0 Å². The van der Waals surface area contributed by atoms with E-state index in [9.17, 15) is 4.39 Å². The van der Waals surface area contributed by atoms with Crippen LogP contribution >= 0.6 is 0 Å². The molecule has 1 aromatic carbocycles. The third-order valence-corrected chi connectivity index (χ3v) is 5.64. The number of guanidine groups is 1. The van der Waals surface area contributed by atoms with Crippen molar-refractivity contribution < 1.29 is 13.9 Å². The minimum absolute atomic E-state index is 0.151. The highest BCUT2D eigenvalue weighted by Crippen LogP contribution is 2.21. The second-order valence-electron chi connectivity index (χ2n) is 7.88. The van der Waals surface area contributed by atoms with Crippen LogP contribution in [0.5, 0.6) is 5.75 Å². The molecule has 176 valence electrons. The summed E-state index contributed by atoms with van der Waals surface area (Å²) in [6.07, 6.45) is 0.981. The van der Waals surface area contributed by atoms with Crippen molar-refractivity contribution in [1.82, 2.24) is 30.3 Å². The Morgan fingerprint density at radius 1 is 1.31 bits per heavy atom. The van der Waals surface area contributed by atoms with Crippen LogP contribution in [0.2, 0.25) is 0 Å². The Balaban J connectivity index is 1.62. The van der Waals surface area contributed by atoms with E-state index < -0.39 is 0 Å². The molecule has 1 fully saturated rings. The largest absolute Gasteiger partial charge is 0.494 e. The predicted molar refractivity (Wildman–Crippen MR) is 121 cm³/mol. The average molecular weight is 448 g/mol. The van der Waals surface area contributed by atoms with E-state index in [0.29, 0.717) is 12.5 Å². The van der Waals surface area contributed by atoms with E-state index in [2.05, 4.69) is 25.7 Å². The number of nitrogens with zero attached hydrogens (tertiary/aromatic N) is 5. The number of methoxy groups -OCH3 is 1. The number of aromatic nitrogens is 3. The zero-order valence-electron chi connectivity index (χ0n) is 19.4. The molecule has 0 amide bonds. The predicted octanol–water partition coefficient (Wildman–Crippen LogP) is 1.79. The lowest BCUT2D eigenvalue weighted by atomic mass is 10.1. The van der Waals surface area contributed by atoms with Gasteiger partial charge in [0.05, 0.1) is 26.4 Å². The Morgan fingerprint density at radius 3 is 2.75 bits per heavy atom. The van der Waals surface area contributed by atoms with Gasteiger partial charge in [-0.3, -0.25) is 4.90 Å². The van der Waals surface area contributed by atoms with Gasteiger partial charge >= 0.3 is 0 Å². The number of aliphatic imine (C=N–C) groups is 1. The molecule has 1 saturated heterocycles. The summed E-state index contributed by atoms with van der Waals surface area (Å²) in [6, 6.07) is 4.82. The number of aryl methyl sites for hydroxylation is 1. The van der Waals surface area contributed by atoms with E-state index in [1.54, 1.807) is 6.07 Å². The molecule has 1 aliphatic rings. The van der Waals surface area contributed by atoms with Crippen LogP contribution in [0, 0.1) is 12.7 Å². The zero-order chi connectivity index (χ0) is 22.9. The number of halogens is 1. The first-order valence-electron chi connectivity index (χ1n) is 11.0. The number of rotatable bonds is 9. The third kappa shape index (κ3) is 6.64. The lowest BCUT2D eigenvalue weighted by molar-refractivity contribution is 0.0376. The minimum atomic E-state index is -0.384. The zero-order valence-corrected chi connectivity index (χ0v) is 19.4. The van der Waals surface area contributed by atoms with Crippen molar-refractivity contribution in [3.63, 3.8) is 0 Å². The fourth-order valence-corrected chi connectivity index (χ4v) is 3.47. The van der Waals surface area contributed by atoms with Gasteiger partial charge in [0.2, 0.25) is 0 Å². The monoisotopic (exact) mass is 447 g/mol. The molecular formula is C22H34FN7O2. The fourth-order valence-electron chi connectivity index (χ4n) is 3.47. The lowest BCUT2D eigenvalue weighted by Crippen LogP contribution is -2.41. The molecule has 0 aliphatic carbocycles. The lowest BCUT2D eigenvalue weighted by Gasteiger charge is -2.26. The van der Waals surface area contributed by atoms with Crippen molar-refractivity contribution in [3.05, 3.63) is 41.2 Å². The molecule has 0 saturated carbocycles. The summed E-state index contributed by atoms with van der Waals surface area (Å²) in [6.45, 7) is 9.59. The summed E-state index contributed by atoms with van der Waals surface area (Å²) in [5.41, 5.74) is 0.806. The summed E-state index contributed by atoms with van der Waals surface area (Å²) in [7, 11) is 3.38. The van der Waals surface area contributed by atoms with Crippen molar-refractivity contribution in [2.24, 2.45) is 12.0 Å². The van der Waals surface area contributed by atoms with Gasteiger partial charge in [-0.05, 0) is 44.5 Å². The van der Waals surface area contributed by atoms with Crippen LogP contribution in [0.15, 0.2) is 23.2 Å². The minimum Gasteiger partial charge on any atom is -0.494 e. The first-order chi connectivity index (χ1) is 15.5. The van der Waals surface area contributed by atoms with Crippen LogP contribution in [0.25, 0.3) is 0 Å². The normalized spacial score (nSPS) is 16.1. The highest BCUT2D eigenvalue weighted by atomic mass is 19.1. The molecule has 1 atom stereocenters. The van der Waals surface area contributed by atoms with E-state index in [0.717, 1.165) is 63.0 Å². The third-order valence-electron chi connectivity index (χ3n) is 5.64. The van der Waals surface area contributed by atoms with Crippen LogP contribution in [-0.2, 0) is 18.3 Å². The first-order valence-corrected chi connectivity index (χ1v) is 11.0. The van der Waals surface area contributed by atoms with Gasteiger partial charge < -0.3 is 24.7 Å². The summed E-state index contributed by atoms with van der Waals surface area (Å²) in [5, 5.41) is 15.0. The number of ether oxygens (including phenoxy) is 2. The van der Waals surface area contributed by atoms with Gasteiger partial charge in [0.25, 0.3) is 0 Å². The van der Waals surface area contributed by atoms with Gasteiger partial charge in [0, 0.05) is 26.7 Å². The van der Waals surface area contributed by atoms with Gasteiger partial charge in [-0.15, -0.1) is 10.2 Å². The summed E-state index contributed by atoms with van der Waals surface area (Å²) in [5.74, 6) is 2.11. The number of benzene rings is 1. The molecule has 1 aliphatic heterocycles. The van der Waals surface area contributed by atoms with E-state index in [1.807, 2.05) is 31.5 Å². The second kappa shape index (κ2) is 11.8. The molecule has 9 nitrogen and oxygen atoms in total. The molecule has 2 N–H and O–H groups in total. The summed E-state index contributed by atoms with van der Waals surface area (Å²) < 4.78 is 26.5.